The molecule has 4 nitrogen and oxygen atoms in total. The van der Waals surface area contributed by atoms with Gasteiger partial charge < -0.3 is 10.5 Å². The number of halogens is 2. The monoisotopic (exact) mass is 413 g/mol. The van der Waals surface area contributed by atoms with E-state index < -0.39 is 0 Å². The highest BCUT2D eigenvalue weighted by atomic mass is 79.9. The first-order valence-corrected chi connectivity index (χ1v) is 8.08. The van der Waals surface area contributed by atoms with Crippen LogP contribution in [0.3, 0.4) is 0 Å². The van der Waals surface area contributed by atoms with Gasteiger partial charge in [-0.1, -0.05) is 0 Å². The van der Waals surface area contributed by atoms with E-state index in [9.17, 15) is 0 Å². The van der Waals surface area contributed by atoms with Gasteiger partial charge in [-0.25, -0.2) is 0 Å². The van der Waals surface area contributed by atoms with E-state index in [0.717, 1.165) is 37.2 Å². The van der Waals surface area contributed by atoms with Crippen molar-refractivity contribution in [2.75, 3.05) is 7.11 Å². The number of pyridine rings is 2. The highest BCUT2D eigenvalue weighted by molar-refractivity contribution is 9.11. The fraction of sp³-hybridized carbons (Fsp3) is 0.333. The van der Waals surface area contributed by atoms with E-state index in [2.05, 4.69) is 41.8 Å². The molecule has 0 aromatic carbocycles. The van der Waals surface area contributed by atoms with Gasteiger partial charge in [-0.3, -0.25) is 9.97 Å². The highest BCUT2D eigenvalue weighted by Gasteiger charge is 2.17. The summed E-state index contributed by atoms with van der Waals surface area (Å²) in [5, 5.41) is 0. The average Bonchev–Trinajstić information content (AvgIpc) is 2.42. The van der Waals surface area contributed by atoms with E-state index in [1.807, 2.05) is 26.1 Å². The molecule has 0 fully saturated rings. The van der Waals surface area contributed by atoms with Crippen LogP contribution in [0.2, 0.25) is 0 Å². The van der Waals surface area contributed by atoms with Crippen molar-refractivity contribution in [3.8, 4) is 5.75 Å². The Balaban J connectivity index is 2.29. The lowest BCUT2D eigenvalue weighted by atomic mass is 10.0. The third-order valence-electron chi connectivity index (χ3n) is 3.35. The van der Waals surface area contributed by atoms with Crippen molar-refractivity contribution in [1.82, 2.24) is 9.97 Å². The van der Waals surface area contributed by atoms with Crippen LogP contribution in [0.4, 0.5) is 0 Å². The summed E-state index contributed by atoms with van der Waals surface area (Å²) in [6.07, 6.45) is 4.17. The molecule has 2 aromatic rings. The lowest BCUT2D eigenvalue weighted by Crippen LogP contribution is -2.17. The number of hydrogen-bond acceptors (Lipinski definition) is 4. The van der Waals surface area contributed by atoms with Crippen molar-refractivity contribution in [1.29, 1.82) is 0 Å². The molecule has 2 aromatic heterocycles. The summed E-state index contributed by atoms with van der Waals surface area (Å²) in [5.74, 6) is 0.870. The van der Waals surface area contributed by atoms with Crippen molar-refractivity contribution in [3.63, 3.8) is 0 Å². The summed E-state index contributed by atoms with van der Waals surface area (Å²) in [6.45, 7) is 3.99. The van der Waals surface area contributed by atoms with Crippen LogP contribution in [-0.4, -0.2) is 17.1 Å². The number of ether oxygens (including phenoxy) is 1. The Kier molecular flexibility index (Phi) is 5.35. The van der Waals surface area contributed by atoms with Crippen molar-refractivity contribution in [2.24, 2.45) is 5.73 Å². The Labute approximate surface area is 141 Å². The van der Waals surface area contributed by atoms with E-state index >= 15 is 0 Å². The van der Waals surface area contributed by atoms with Gasteiger partial charge in [-0.05, 0) is 51.8 Å². The molecule has 0 saturated heterocycles. The minimum absolute atomic E-state index is 0.230. The molecule has 0 saturated carbocycles. The smallest absolute Gasteiger partial charge is 0.128 e. The second-order valence-corrected chi connectivity index (χ2v) is 6.65. The third kappa shape index (κ3) is 3.62. The average molecular weight is 415 g/mol. The maximum absolute atomic E-state index is 6.29. The maximum atomic E-state index is 6.29. The molecule has 0 radical (unpaired) electrons. The minimum atomic E-state index is -0.230. The number of aryl methyl sites for hydroxylation is 1. The second kappa shape index (κ2) is 6.85. The Morgan fingerprint density at radius 1 is 1.24 bits per heavy atom. The molecule has 1 atom stereocenters. The molecule has 0 aliphatic heterocycles. The van der Waals surface area contributed by atoms with E-state index in [0.29, 0.717) is 6.42 Å². The lowest BCUT2D eigenvalue weighted by Gasteiger charge is -2.16. The molecule has 0 aliphatic rings. The molecule has 112 valence electrons. The van der Waals surface area contributed by atoms with Crippen molar-refractivity contribution < 1.29 is 4.74 Å². The fourth-order valence-corrected chi connectivity index (χ4v) is 3.56. The quantitative estimate of drug-likeness (QED) is 0.824. The molecule has 6 heteroatoms. The predicted molar refractivity (Wildman–Crippen MR) is 90.5 cm³/mol. The van der Waals surface area contributed by atoms with Gasteiger partial charge in [0.25, 0.3) is 0 Å². The van der Waals surface area contributed by atoms with Gasteiger partial charge in [0.2, 0.25) is 0 Å². The number of methoxy groups -OCH3 is 1. The predicted octanol–water partition coefficient (Wildman–Crippen LogP) is 3.87. The van der Waals surface area contributed by atoms with E-state index in [1.165, 1.54) is 0 Å². The van der Waals surface area contributed by atoms with Crippen LogP contribution in [0.1, 0.15) is 28.6 Å². The van der Waals surface area contributed by atoms with E-state index in [4.69, 9.17) is 10.5 Å². The van der Waals surface area contributed by atoms with Gasteiger partial charge in [0.05, 0.1) is 18.8 Å². The van der Waals surface area contributed by atoms with Crippen molar-refractivity contribution in [2.45, 2.75) is 26.3 Å². The summed E-state index contributed by atoms with van der Waals surface area (Å²) in [5.41, 5.74) is 10.1. The number of aromatic nitrogens is 2. The minimum Gasteiger partial charge on any atom is -0.496 e. The first-order chi connectivity index (χ1) is 9.93. The van der Waals surface area contributed by atoms with Crippen LogP contribution >= 0.6 is 31.9 Å². The zero-order valence-electron chi connectivity index (χ0n) is 12.2. The SMILES string of the molecule is COc1c(C)cnc(CC(N)c2ncc(Br)cc2Br)c1C. The molecule has 2 N–H and O–H groups in total. The molecule has 0 spiro atoms. The lowest BCUT2D eigenvalue weighted by molar-refractivity contribution is 0.406. The zero-order chi connectivity index (χ0) is 15.6. The molecular formula is C15H17Br2N3O. The highest BCUT2D eigenvalue weighted by Crippen LogP contribution is 2.29. The molecule has 0 aliphatic carbocycles. The molecule has 2 heterocycles. The second-order valence-electron chi connectivity index (χ2n) is 4.88. The Hall–Kier alpha value is -0.980. The van der Waals surface area contributed by atoms with Gasteiger partial charge >= 0.3 is 0 Å². The first-order valence-electron chi connectivity index (χ1n) is 6.49. The standard InChI is InChI=1S/C15H17Br2N3O/c1-8-6-19-13(9(2)15(8)21-3)5-12(18)14-11(17)4-10(16)7-20-14/h4,6-7,12H,5,18H2,1-3H3. The summed E-state index contributed by atoms with van der Waals surface area (Å²) in [6, 6.07) is 1.71. The number of hydrogen-bond donors (Lipinski definition) is 1. The van der Waals surface area contributed by atoms with Crippen molar-refractivity contribution in [3.05, 3.63) is 49.9 Å². The van der Waals surface area contributed by atoms with E-state index in [1.54, 1.807) is 13.3 Å². The number of nitrogens with two attached hydrogens (primary N) is 1. The van der Waals surface area contributed by atoms with Crippen molar-refractivity contribution >= 4 is 31.9 Å². The largest absolute Gasteiger partial charge is 0.496 e. The third-order valence-corrected chi connectivity index (χ3v) is 4.42. The van der Waals surface area contributed by atoms with Gasteiger partial charge in [0.15, 0.2) is 0 Å². The summed E-state index contributed by atoms with van der Waals surface area (Å²) in [7, 11) is 1.67. The van der Waals surface area contributed by atoms with Crippen LogP contribution < -0.4 is 10.5 Å². The Bertz CT molecular complexity index is 662. The van der Waals surface area contributed by atoms with Gasteiger partial charge in [-0.15, -0.1) is 0 Å². The first kappa shape index (κ1) is 16.4. The van der Waals surface area contributed by atoms with E-state index in [-0.39, 0.29) is 6.04 Å². The summed E-state index contributed by atoms with van der Waals surface area (Å²) in [4.78, 5) is 8.87. The number of rotatable bonds is 4. The molecule has 21 heavy (non-hydrogen) atoms. The van der Waals surface area contributed by atoms with Crippen LogP contribution in [0, 0.1) is 13.8 Å². The van der Waals surface area contributed by atoms with Gasteiger partial charge in [0.1, 0.15) is 5.75 Å². The number of nitrogens with zero attached hydrogens (tertiary/aromatic N) is 2. The van der Waals surface area contributed by atoms with Crippen LogP contribution in [0.15, 0.2) is 27.4 Å². The molecule has 0 bridgehead atoms. The fourth-order valence-electron chi connectivity index (χ4n) is 2.28. The molecule has 0 amide bonds. The van der Waals surface area contributed by atoms with Crippen LogP contribution in [-0.2, 0) is 6.42 Å². The molecule has 1 unspecified atom stereocenters. The Morgan fingerprint density at radius 3 is 2.57 bits per heavy atom. The van der Waals surface area contributed by atoms with Gasteiger partial charge in [0, 0.05) is 44.6 Å². The summed E-state index contributed by atoms with van der Waals surface area (Å²) < 4.78 is 7.23. The molecule has 2 rings (SSSR count). The van der Waals surface area contributed by atoms with Crippen LogP contribution in [0.5, 0.6) is 5.75 Å². The topological polar surface area (TPSA) is 61.0 Å². The summed E-state index contributed by atoms with van der Waals surface area (Å²) >= 11 is 6.89. The molecular weight excluding hydrogens is 398 g/mol. The zero-order valence-corrected chi connectivity index (χ0v) is 15.3. The maximum Gasteiger partial charge on any atom is 0.128 e. The van der Waals surface area contributed by atoms with Crippen LogP contribution in [0.25, 0.3) is 0 Å². The van der Waals surface area contributed by atoms with Gasteiger partial charge in [-0.2, -0.15) is 0 Å². The Morgan fingerprint density at radius 2 is 1.95 bits per heavy atom. The normalized spacial score (nSPS) is 12.3.